The first-order valence-electron chi connectivity index (χ1n) is 14.2. The molecule has 0 amide bonds. The first-order valence-corrected chi connectivity index (χ1v) is 14.2. The maximum atomic E-state index is 13.5. The molecule has 242 valence electrons. The molecule has 2 unspecified atom stereocenters. The van der Waals surface area contributed by atoms with E-state index in [1.807, 2.05) is 0 Å². The summed E-state index contributed by atoms with van der Waals surface area (Å²) in [6.07, 6.45) is -0.165. The summed E-state index contributed by atoms with van der Waals surface area (Å²) in [6.45, 7) is 5.02. The Labute approximate surface area is 260 Å². The second-order valence-electron chi connectivity index (χ2n) is 11.7. The zero-order valence-corrected chi connectivity index (χ0v) is 26.8. The molecule has 0 aromatic heterocycles. The third kappa shape index (κ3) is 5.53. The lowest BCUT2D eigenvalue weighted by molar-refractivity contribution is -0.161. The van der Waals surface area contributed by atoms with E-state index in [1.54, 1.807) is 39.0 Å². The molecule has 0 aliphatic heterocycles. The number of esters is 4. The Bertz CT molecular complexity index is 1670. The standard InChI is InChI=1S/C33H38O12/c1-33(2,3)32(38)45-27-18-14-15(29(35)42-7)13-17(22(30(36)43-8)31(37)44-9)20(18)25(34)23-24(27)26(40-5)16-11-10-12-19(39-4)21(16)28(23)41-6/h10-12,15,17,22,34H,13-14H2,1-9H3. The molecule has 1 aliphatic carbocycles. The maximum absolute atomic E-state index is 13.5. The minimum absolute atomic E-state index is 0.0234. The summed E-state index contributed by atoms with van der Waals surface area (Å²) >= 11 is 0. The minimum atomic E-state index is -1.59. The SMILES string of the molecule is COC(=O)C1Cc2c(c(O)c3c(OC)c4c(OC)cccc4c(OC)c3c2OC(=O)C(C)(C)C)C(C(C(=O)OC)C(=O)OC)C1. The minimum Gasteiger partial charge on any atom is -0.507 e. The van der Waals surface area contributed by atoms with Crippen LogP contribution in [0.4, 0.5) is 0 Å². The van der Waals surface area contributed by atoms with Crippen molar-refractivity contribution in [1.29, 1.82) is 0 Å². The predicted molar refractivity (Wildman–Crippen MR) is 162 cm³/mol. The highest BCUT2D eigenvalue weighted by molar-refractivity contribution is 6.18. The molecule has 4 rings (SSSR count). The number of phenolic OH excluding ortho intramolecular Hbond substituents is 1. The zero-order chi connectivity index (χ0) is 33.4. The van der Waals surface area contributed by atoms with Gasteiger partial charge in [0.15, 0.2) is 5.92 Å². The second-order valence-corrected chi connectivity index (χ2v) is 11.7. The molecule has 0 spiro atoms. The molecule has 12 nitrogen and oxygen atoms in total. The molecule has 2 atom stereocenters. The van der Waals surface area contributed by atoms with Crippen LogP contribution in [0.25, 0.3) is 21.5 Å². The van der Waals surface area contributed by atoms with E-state index in [2.05, 4.69) is 0 Å². The first-order chi connectivity index (χ1) is 21.3. The normalized spacial score (nSPS) is 16.1. The fourth-order valence-electron chi connectivity index (χ4n) is 6.06. The number of benzene rings is 3. The molecule has 0 bridgehead atoms. The van der Waals surface area contributed by atoms with Gasteiger partial charge in [-0.05, 0) is 39.7 Å². The number of rotatable bonds is 8. The molecule has 3 aromatic rings. The van der Waals surface area contributed by atoms with Gasteiger partial charge in [-0.3, -0.25) is 19.2 Å². The first kappa shape index (κ1) is 33.2. The van der Waals surface area contributed by atoms with Crippen molar-refractivity contribution in [1.82, 2.24) is 0 Å². The molecular formula is C33H38O12. The van der Waals surface area contributed by atoms with Gasteiger partial charge in [0.1, 0.15) is 28.7 Å². The van der Waals surface area contributed by atoms with Crippen molar-refractivity contribution in [2.24, 2.45) is 17.3 Å². The number of aromatic hydroxyl groups is 1. The van der Waals surface area contributed by atoms with E-state index in [9.17, 15) is 24.3 Å². The van der Waals surface area contributed by atoms with Crippen LogP contribution in [-0.4, -0.2) is 71.6 Å². The summed E-state index contributed by atoms with van der Waals surface area (Å²) < 4.78 is 38.6. The van der Waals surface area contributed by atoms with Gasteiger partial charge in [0.05, 0.1) is 70.2 Å². The van der Waals surface area contributed by atoms with Gasteiger partial charge in [-0.2, -0.15) is 0 Å². The zero-order valence-electron chi connectivity index (χ0n) is 26.8. The van der Waals surface area contributed by atoms with Crippen molar-refractivity contribution in [3.8, 4) is 28.7 Å². The smallest absolute Gasteiger partial charge is 0.320 e. The molecular weight excluding hydrogens is 588 g/mol. The van der Waals surface area contributed by atoms with E-state index in [0.29, 0.717) is 16.5 Å². The third-order valence-corrected chi connectivity index (χ3v) is 8.16. The Morgan fingerprint density at radius 1 is 0.800 bits per heavy atom. The summed E-state index contributed by atoms with van der Waals surface area (Å²) in [7, 11) is 7.76. The molecule has 0 fully saturated rings. The van der Waals surface area contributed by atoms with Gasteiger partial charge in [0.2, 0.25) is 0 Å². The lowest BCUT2D eigenvalue weighted by Crippen LogP contribution is -2.38. The summed E-state index contributed by atoms with van der Waals surface area (Å²) in [5, 5.41) is 13.5. The lowest BCUT2D eigenvalue weighted by Gasteiger charge is -2.36. The van der Waals surface area contributed by atoms with Gasteiger partial charge < -0.3 is 38.3 Å². The Hall–Kier alpha value is -4.74. The van der Waals surface area contributed by atoms with Crippen molar-refractivity contribution < 1.29 is 57.4 Å². The quantitative estimate of drug-likeness (QED) is 0.124. The highest BCUT2D eigenvalue weighted by Gasteiger charge is 2.47. The van der Waals surface area contributed by atoms with Crippen molar-refractivity contribution in [2.75, 3.05) is 42.7 Å². The van der Waals surface area contributed by atoms with Crippen LogP contribution < -0.4 is 18.9 Å². The third-order valence-electron chi connectivity index (χ3n) is 8.16. The largest absolute Gasteiger partial charge is 0.507 e. The van der Waals surface area contributed by atoms with Gasteiger partial charge in [0, 0.05) is 22.4 Å². The molecule has 0 radical (unpaired) electrons. The number of ether oxygens (including phenoxy) is 7. The Balaban J connectivity index is 2.32. The van der Waals surface area contributed by atoms with Crippen LogP contribution in [-0.2, 0) is 39.8 Å². The molecule has 0 heterocycles. The van der Waals surface area contributed by atoms with E-state index in [1.165, 1.54) is 28.4 Å². The number of carbonyl (C=O) groups excluding carboxylic acids is 4. The molecule has 0 saturated carbocycles. The number of hydrogen-bond acceptors (Lipinski definition) is 12. The Morgan fingerprint density at radius 2 is 1.42 bits per heavy atom. The summed E-state index contributed by atoms with van der Waals surface area (Å²) in [4.78, 5) is 52.9. The lowest BCUT2D eigenvalue weighted by atomic mass is 9.69. The van der Waals surface area contributed by atoms with Gasteiger partial charge in [-0.25, -0.2) is 0 Å². The average Bonchev–Trinajstić information content (AvgIpc) is 3.03. The number of hydrogen-bond donors (Lipinski definition) is 1. The van der Waals surface area contributed by atoms with Crippen molar-refractivity contribution in [3.63, 3.8) is 0 Å². The molecule has 0 saturated heterocycles. The summed E-state index contributed by atoms with van der Waals surface area (Å²) in [5.41, 5.74) is -0.676. The Kier molecular flexibility index (Phi) is 9.36. The van der Waals surface area contributed by atoms with Gasteiger partial charge in [-0.15, -0.1) is 0 Å². The topological polar surface area (TPSA) is 153 Å². The van der Waals surface area contributed by atoms with Crippen LogP contribution in [0.3, 0.4) is 0 Å². The Morgan fingerprint density at radius 3 is 1.93 bits per heavy atom. The fourth-order valence-corrected chi connectivity index (χ4v) is 6.06. The van der Waals surface area contributed by atoms with Gasteiger partial charge in [0.25, 0.3) is 0 Å². The number of fused-ring (bicyclic) bond motifs is 3. The van der Waals surface area contributed by atoms with E-state index >= 15 is 0 Å². The van der Waals surface area contributed by atoms with Gasteiger partial charge >= 0.3 is 23.9 Å². The van der Waals surface area contributed by atoms with Crippen LogP contribution in [0.5, 0.6) is 28.7 Å². The van der Waals surface area contributed by atoms with Crippen LogP contribution in [0, 0.1) is 17.3 Å². The van der Waals surface area contributed by atoms with E-state index in [4.69, 9.17) is 33.2 Å². The van der Waals surface area contributed by atoms with E-state index in [-0.39, 0.29) is 57.7 Å². The molecule has 1 aliphatic rings. The fraction of sp³-hybridized carbons (Fsp3) is 0.455. The van der Waals surface area contributed by atoms with Crippen molar-refractivity contribution >= 4 is 45.4 Å². The monoisotopic (exact) mass is 626 g/mol. The summed E-state index contributed by atoms with van der Waals surface area (Å²) in [6, 6.07) is 5.21. The van der Waals surface area contributed by atoms with E-state index in [0.717, 1.165) is 14.2 Å². The maximum Gasteiger partial charge on any atom is 0.320 e. The van der Waals surface area contributed by atoms with E-state index < -0.39 is 47.0 Å². The molecule has 3 aromatic carbocycles. The van der Waals surface area contributed by atoms with Gasteiger partial charge in [-0.1, -0.05) is 12.1 Å². The highest BCUT2D eigenvalue weighted by Crippen LogP contribution is 2.58. The number of methoxy groups -OCH3 is 6. The predicted octanol–water partition coefficient (Wildman–Crippen LogP) is 4.46. The van der Waals surface area contributed by atoms with Crippen LogP contribution in [0.1, 0.15) is 44.2 Å². The van der Waals surface area contributed by atoms with Crippen LogP contribution >= 0.6 is 0 Å². The molecule has 12 heteroatoms. The molecule has 1 N–H and O–H groups in total. The average molecular weight is 627 g/mol. The highest BCUT2D eigenvalue weighted by atomic mass is 16.6. The van der Waals surface area contributed by atoms with Crippen LogP contribution in [0.15, 0.2) is 18.2 Å². The summed E-state index contributed by atoms with van der Waals surface area (Å²) in [5.74, 6) is -6.41. The van der Waals surface area contributed by atoms with Crippen LogP contribution in [0.2, 0.25) is 0 Å². The van der Waals surface area contributed by atoms with Crippen molar-refractivity contribution in [2.45, 2.75) is 39.5 Å². The number of carbonyl (C=O) groups is 4. The molecule has 45 heavy (non-hydrogen) atoms. The van der Waals surface area contributed by atoms with Crippen molar-refractivity contribution in [3.05, 3.63) is 29.3 Å². The second kappa shape index (κ2) is 12.7. The number of phenols is 1.